The Morgan fingerprint density at radius 3 is 2.53 bits per heavy atom. The number of aliphatic carboxylic acids is 1. The normalized spacial score (nSPS) is 19.3. The summed E-state index contributed by atoms with van der Waals surface area (Å²) in [6.07, 6.45) is 4.69. The first-order chi connectivity index (χ1) is 18.1. The minimum atomic E-state index is -1.11. The number of benzene rings is 2. The molecule has 1 aliphatic carbocycles. The van der Waals surface area contributed by atoms with Crippen LogP contribution in [0.15, 0.2) is 54.7 Å². The van der Waals surface area contributed by atoms with E-state index in [2.05, 4.69) is 22.4 Å². The third-order valence-corrected chi connectivity index (χ3v) is 8.35. The summed E-state index contributed by atoms with van der Waals surface area (Å²) >= 11 is 0. The number of carbonyl (C=O) groups excluding carboxylic acids is 2. The van der Waals surface area contributed by atoms with E-state index >= 15 is 0 Å². The molecule has 1 aliphatic heterocycles. The van der Waals surface area contributed by atoms with Crippen LogP contribution < -0.4 is 11.1 Å². The van der Waals surface area contributed by atoms with Gasteiger partial charge in [-0.1, -0.05) is 42.5 Å². The summed E-state index contributed by atoms with van der Waals surface area (Å²) in [5.41, 5.74) is 9.12. The monoisotopic (exact) mass is 516 g/mol. The number of nitrogens with one attached hydrogen (secondary N) is 2. The Balaban J connectivity index is 1.35. The molecule has 5 N–H and O–H groups in total. The van der Waals surface area contributed by atoms with Crippen molar-refractivity contribution in [2.45, 2.75) is 68.9 Å². The zero-order valence-electron chi connectivity index (χ0n) is 22.0. The molecule has 8 heteroatoms. The molecule has 1 spiro atoms. The molecule has 2 amide bonds. The Hall–Kier alpha value is -3.65. The zero-order chi connectivity index (χ0) is 27.1. The molecule has 0 bridgehead atoms. The van der Waals surface area contributed by atoms with Crippen molar-refractivity contribution in [1.29, 1.82) is 0 Å². The minimum Gasteiger partial charge on any atom is -0.481 e. The number of piperidine rings is 1. The average Bonchev–Trinajstić information content (AvgIpc) is 3.42. The number of para-hydroxylation sites is 1. The molecule has 2 aliphatic rings. The Labute approximate surface area is 222 Å². The molecule has 1 aromatic heterocycles. The van der Waals surface area contributed by atoms with Crippen LogP contribution in [0, 0.1) is 0 Å². The second-order valence-corrected chi connectivity index (χ2v) is 11.5. The standard InChI is InChI=1S/C30H36N4O4/c1-29(2,31)28(38)33-25(15-20-18-32-24-10-6-4-8-22(20)24)27(37)34-13-11-30(12-14-34)17-19(16-26(35)36)21-7-3-5-9-23(21)30/h3-10,18-19,25,32H,11-17,31H2,1-2H3,(H,33,38)(H,35,36)/t19?,25-/m1/s1. The van der Waals surface area contributed by atoms with Crippen molar-refractivity contribution in [1.82, 2.24) is 15.2 Å². The molecule has 1 fully saturated rings. The van der Waals surface area contributed by atoms with Crippen LogP contribution >= 0.6 is 0 Å². The van der Waals surface area contributed by atoms with Crippen molar-refractivity contribution < 1.29 is 19.5 Å². The van der Waals surface area contributed by atoms with Gasteiger partial charge >= 0.3 is 5.97 Å². The lowest BCUT2D eigenvalue weighted by atomic mass is 9.73. The van der Waals surface area contributed by atoms with E-state index in [0.29, 0.717) is 19.5 Å². The molecule has 2 atom stereocenters. The van der Waals surface area contributed by atoms with E-state index in [1.165, 1.54) is 5.56 Å². The van der Waals surface area contributed by atoms with Crippen molar-refractivity contribution in [3.05, 3.63) is 71.4 Å². The number of amides is 2. The summed E-state index contributed by atoms with van der Waals surface area (Å²) < 4.78 is 0. The van der Waals surface area contributed by atoms with Gasteiger partial charge in [0.25, 0.3) is 0 Å². The molecule has 0 saturated carbocycles. The van der Waals surface area contributed by atoms with Gasteiger partial charge in [0.1, 0.15) is 6.04 Å². The number of H-pyrrole nitrogens is 1. The molecule has 38 heavy (non-hydrogen) atoms. The number of carboxylic acids is 1. The Morgan fingerprint density at radius 2 is 1.82 bits per heavy atom. The van der Waals surface area contributed by atoms with Crippen LogP contribution in [0.2, 0.25) is 0 Å². The summed E-state index contributed by atoms with van der Waals surface area (Å²) in [6.45, 7) is 4.37. The van der Waals surface area contributed by atoms with E-state index in [4.69, 9.17) is 5.73 Å². The van der Waals surface area contributed by atoms with Gasteiger partial charge in [0.15, 0.2) is 0 Å². The molecule has 8 nitrogen and oxygen atoms in total. The van der Waals surface area contributed by atoms with E-state index in [9.17, 15) is 19.5 Å². The number of aromatic amines is 1. The quantitative estimate of drug-likeness (QED) is 0.382. The molecule has 3 aromatic rings. The number of hydrogen-bond donors (Lipinski definition) is 4. The lowest BCUT2D eigenvalue weighted by molar-refractivity contribution is -0.138. The van der Waals surface area contributed by atoms with Gasteiger partial charge in [-0.2, -0.15) is 0 Å². The van der Waals surface area contributed by atoms with Gasteiger partial charge < -0.3 is 26.0 Å². The van der Waals surface area contributed by atoms with Gasteiger partial charge in [-0.3, -0.25) is 14.4 Å². The Bertz CT molecular complexity index is 1360. The lowest BCUT2D eigenvalue weighted by Crippen LogP contribution is -2.58. The average molecular weight is 517 g/mol. The second-order valence-electron chi connectivity index (χ2n) is 11.5. The number of carboxylic acid groups (broad SMARTS) is 1. The van der Waals surface area contributed by atoms with Crippen molar-refractivity contribution >= 4 is 28.7 Å². The maximum Gasteiger partial charge on any atom is 0.303 e. The van der Waals surface area contributed by atoms with Gasteiger partial charge in [-0.25, -0.2) is 0 Å². The zero-order valence-corrected chi connectivity index (χ0v) is 22.0. The van der Waals surface area contributed by atoms with Crippen molar-refractivity contribution in [2.75, 3.05) is 13.1 Å². The van der Waals surface area contributed by atoms with E-state index in [1.54, 1.807) is 13.8 Å². The first kappa shape index (κ1) is 26.0. The van der Waals surface area contributed by atoms with Crippen molar-refractivity contribution in [3.8, 4) is 0 Å². The molecule has 2 heterocycles. The maximum absolute atomic E-state index is 13.9. The molecular weight excluding hydrogens is 480 g/mol. The molecular formula is C30H36N4O4. The van der Waals surface area contributed by atoms with Crippen LogP contribution in [-0.4, -0.2) is 57.4 Å². The van der Waals surface area contributed by atoms with Gasteiger partial charge in [0, 0.05) is 36.6 Å². The summed E-state index contributed by atoms with van der Waals surface area (Å²) in [4.78, 5) is 43.3. The maximum atomic E-state index is 13.9. The van der Waals surface area contributed by atoms with E-state index in [1.807, 2.05) is 47.5 Å². The smallest absolute Gasteiger partial charge is 0.303 e. The molecule has 1 saturated heterocycles. The third-order valence-electron chi connectivity index (χ3n) is 8.35. The fraction of sp³-hybridized carbons (Fsp3) is 0.433. The van der Waals surface area contributed by atoms with E-state index in [-0.39, 0.29) is 29.6 Å². The fourth-order valence-corrected chi connectivity index (χ4v) is 6.33. The third kappa shape index (κ3) is 4.92. The Kier molecular flexibility index (Phi) is 6.77. The summed E-state index contributed by atoms with van der Waals surface area (Å²) in [5.74, 6) is -1.28. The predicted octanol–water partition coefficient (Wildman–Crippen LogP) is 3.45. The van der Waals surface area contributed by atoms with Crippen molar-refractivity contribution in [3.63, 3.8) is 0 Å². The minimum absolute atomic E-state index is 0.00774. The topological polar surface area (TPSA) is 129 Å². The van der Waals surface area contributed by atoms with Crippen LogP contribution in [0.1, 0.15) is 62.1 Å². The van der Waals surface area contributed by atoms with Gasteiger partial charge in [-0.15, -0.1) is 0 Å². The summed E-state index contributed by atoms with van der Waals surface area (Å²) in [5, 5.41) is 13.4. The highest BCUT2D eigenvalue weighted by Gasteiger charge is 2.46. The molecule has 0 radical (unpaired) electrons. The fourth-order valence-electron chi connectivity index (χ4n) is 6.33. The number of fused-ring (bicyclic) bond motifs is 3. The van der Waals surface area contributed by atoms with Gasteiger partial charge in [0.2, 0.25) is 11.8 Å². The first-order valence-corrected chi connectivity index (χ1v) is 13.3. The van der Waals surface area contributed by atoms with Gasteiger partial charge in [-0.05, 0) is 67.2 Å². The number of hydrogen-bond acceptors (Lipinski definition) is 4. The van der Waals surface area contributed by atoms with Crippen LogP contribution in [0.4, 0.5) is 0 Å². The van der Waals surface area contributed by atoms with Crippen LogP contribution in [0.5, 0.6) is 0 Å². The van der Waals surface area contributed by atoms with E-state index < -0.39 is 17.6 Å². The van der Waals surface area contributed by atoms with Gasteiger partial charge in [0.05, 0.1) is 12.0 Å². The lowest BCUT2D eigenvalue weighted by Gasteiger charge is -2.41. The molecule has 5 rings (SSSR count). The Morgan fingerprint density at radius 1 is 1.13 bits per heavy atom. The van der Waals surface area contributed by atoms with Crippen molar-refractivity contribution in [2.24, 2.45) is 5.73 Å². The SMILES string of the molecule is CC(C)(N)C(=O)N[C@H](Cc1c[nH]c2ccccc12)C(=O)N1CCC2(CC1)CC(CC(=O)O)c1ccccc12. The highest BCUT2D eigenvalue weighted by atomic mass is 16.4. The number of rotatable bonds is 7. The van der Waals surface area contributed by atoms with Crippen LogP contribution in [0.3, 0.4) is 0 Å². The number of carbonyl (C=O) groups is 3. The predicted molar refractivity (Wildman–Crippen MR) is 146 cm³/mol. The molecule has 1 unspecified atom stereocenters. The number of nitrogens with zero attached hydrogens (tertiary/aromatic N) is 1. The molecule has 200 valence electrons. The van der Waals surface area contributed by atoms with Crippen LogP contribution in [0.25, 0.3) is 10.9 Å². The second kappa shape index (κ2) is 9.91. The van der Waals surface area contributed by atoms with Crippen LogP contribution in [-0.2, 0) is 26.2 Å². The number of nitrogens with two attached hydrogens (primary N) is 1. The number of aromatic nitrogens is 1. The summed E-state index contributed by atoms with van der Waals surface area (Å²) in [7, 11) is 0. The first-order valence-electron chi connectivity index (χ1n) is 13.3. The largest absolute Gasteiger partial charge is 0.481 e. The molecule has 2 aromatic carbocycles. The van der Waals surface area contributed by atoms with E-state index in [0.717, 1.165) is 41.3 Å². The number of likely N-dealkylation sites (tertiary alicyclic amines) is 1. The highest BCUT2D eigenvalue weighted by Crippen LogP contribution is 2.52. The highest BCUT2D eigenvalue weighted by molar-refractivity contribution is 5.92. The summed E-state index contributed by atoms with van der Waals surface area (Å²) in [6, 6.07) is 15.3.